The minimum absolute atomic E-state index is 0.209. The third-order valence-electron chi connectivity index (χ3n) is 8.79. The average Bonchev–Trinajstić information content (AvgIpc) is 3.04. The van der Waals surface area contributed by atoms with Gasteiger partial charge in [-0.1, -0.05) is 79.2 Å². The number of nitrogens with zero attached hydrogens (tertiary/aromatic N) is 3. The highest BCUT2D eigenvalue weighted by Crippen LogP contribution is 2.37. The van der Waals surface area contributed by atoms with Crippen molar-refractivity contribution in [3.05, 3.63) is 108 Å². The Hall–Kier alpha value is -3.77. The number of fused-ring (bicyclic) bond motifs is 2. The molecular formula is C34H37N4O5S2-. The first kappa shape index (κ1) is 31.2. The second-order valence-corrected chi connectivity index (χ2v) is 14.7. The van der Waals surface area contributed by atoms with Crippen molar-refractivity contribution in [2.24, 2.45) is 0 Å². The number of likely N-dealkylation sites (tertiary alicyclic amines) is 1. The molecule has 1 fully saturated rings. The Labute approximate surface area is 267 Å². The molecule has 0 radical (unpaired) electrons. The Morgan fingerprint density at radius 3 is 2.40 bits per heavy atom. The fraction of sp³-hybridized carbons (Fsp3) is 0.324. The summed E-state index contributed by atoms with van der Waals surface area (Å²) < 4.78 is 54.6. The van der Waals surface area contributed by atoms with Crippen molar-refractivity contribution in [3.63, 3.8) is 0 Å². The van der Waals surface area contributed by atoms with Crippen molar-refractivity contribution >= 4 is 49.3 Å². The molecule has 3 atom stereocenters. The molecule has 2 heterocycles. The second kappa shape index (κ2) is 13.3. The van der Waals surface area contributed by atoms with Crippen LogP contribution >= 0.6 is 0 Å². The van der Waals surface area contributed by atoms with Gasteiger partial charge in [-0.25, -0.2) is 8.42 Å². The Bertz CT molecular complexity index is 1810. The van der Waals surface area contributed by atoms with Gasteiger partial charge in [-0.2, -0.15) is 0 Å². The summed E-state index contributed by atoms with van der Waals surface area (Å²) in [4.78, 5) is 16.1. The summed E-state index contributed by atoms with van der Waals surface area (Å²) in [6.45, 7) is 2.79. The minimum atomic E-state index is -3.70. The lowest BCUT2D eigenvalue weighted by molar-refractivity contribution is -0.122. The number of amides is 1. The molecule has 0 spiro atoms. The smallest absolute Gasteiger partial charge is 0.237 e. The molecule has 0 aromatic heterocycles. The van der Waals surface area contributed by atoms with E-state index in [0.717, 1.165) is 54.4 Å². The molecular weight excluding hydrogens is 609 g/mol. The summed E-state index contributed by atoms with van der Waals surface area (Å²) in [5, 5.41) is 4.78. The summed E-state index contributed by atoms with van der Waals surface area (Å²) >= 11 is -2.71. The van der Waals surface area contributed by atoms with Gasteiger partial charge in [-0.3, -0.25) is 22.5 Å². The van der Waals surface area contributed by atoms with Crippen LogP contribution in [0.25, 0.3) is 10.8 Å². The molecule has 3 unspecified atom stereocenters. The Morgan fingerprint density at radius 1 is 0.956 bits per heavy atom. The van der Waals surface area contributed by atoms with Crippen LogP contribution in [0.2, 0.25) is 0 Å². The third-order valence-corrected chi connectivity index (χ3v) is 11.4. The molecule has 45 heavy (non-hydrogen) atoms. The largest absolute Gasteiger partial charge is 0.755 e. The topological polar surface area (TPSA) is 113 Å². The van der Waals surface area contributed by atoms with Crippen LogP contribution in [0.1, 0.15) is 54.5 Å². The lowest BCUT2D eigenvalue weighted by Gasteiger charge is -2.36. The summed E-state index contributed by atoms with van der Waals surface area (Å²) in [7, 11) is -2.15. The molecule has 1 saturated heterocycles. The number of carbonyl (C=O) groups excluding carboxylic acids is 1. The van der Waals surface area contributed by atoms with Crippen LogP contribution in [0.15, 0.2) is 91.0 Å². The van der Waals surface area contributed by atoms with Crippen LogP contribution in [0.5, 0.6) is 0 Å². The lowest BCUT2D eigenvalue weighted by Crippen LogP contribution is -2.44. The van der Waals surface area contributed by atoms with Crippen molar-refractivity contribution < 1.29 is 22.0 Å². The number of piperidine rings is 1. The van der Waals surface area contributed by atoms with E-state index in [1.165, 1.54) is 15.0 Å². The van der Waals surface area contributed by atoms with Crippen LogP contribution in [0, 0.1) is 0 Å². The number of rotatable bonds is 9. The molecule has 6 rings (SSSR count). The molecule has 4 aromatic rings. The molecule has 1 amide bonds. The predicted octanol–water partition coefficient (Wildman–Crippen LogP) is 5.19. The van der Waals surface area contributed by atoms with Crippen molar-refractivity contribution in [2.45, 2.75) is 44.3 Å². The summed E-state index contributed by atoms with van der Waals surface area (Å²) in [6.07, 6.45) is 3.35. The van der Waals surface area contributed by atoms with Gasteiger partial charge in [0.05, 0.1) is 29.9 Å². The summed E-state index contributed by atoms with van der Waals surface area (Å²) in [5.74, 6) is -0.737. The number of hydrogen-bond donors (Lipinski definition) is 1. The highest BCUT2D eigenvalue weighted by molar-refractivity contribution is 7.92. The van der Waals surface area contributed by atoms with Crippen molar-refractivity contribution in [1.82, 2.24) is 10.2 Å². The van der Waals surface area contributed by atoms with Crippen molar-refractivity contribution in [2.75, 3.05) is 34.5 Å². The van der Waals surface area contributed by atoms with Gasteiger partial charge in [-0.05, 0) is 71.6 Å². The van der Waals surface area contributed by atoms with E-state index in [9.17, 15) is 22.0 Å². The van der Waals surface area contributed by atoms with Gasteiger partial charge in [0, 0.05) is 30.5 Å². The number of carbonyl (C=O) groups is 1. The third kappa shape index (κ3) is 6.91. The average molecular weight is 646 g/mol. The fourth-order valence-corrected chi connectivity index (χ4v) is 8.49. The van der Waals surface area contributed by atoms with E-state index >= 15 is 0 Å². The van der Waals surface area contributed by atoms with Gasteiger partial charge in [0.2, 0.25) is 15.9 Å². The van der Waals surface area contributed by atoms with Gasteiger partial charge in [-0.15, -0.1) is 0 Å². The van der Waals surface area contributed by atoms with Crippen LogP contribution in [-0.4, -0.2) is 53.9 Å². The van der Waals surface area contributed by atoms with Gasteiger partial charge >= 0.3 is 0 Å². The number of anilines is 2. The highest BCUT2D eigenvalue weighted by Gasteiger charge is 2.36. The molecule has 4 aromatic carbocycles. The van der Waals surface area contributed by atoms with Crippen LogP contribution in [0.3, 0.4) is 0 Å². The molecule has 2 aliphatic rings. The van der Waals surface area contributed by atoms with Gasteiger partial charge in [0.1, 0.15) is 0 Å². The standard InChI is InChI=1S/C34H38N4O5S2/c1-36-33-20-25(23-37-18-8-3-9-19-37)14-17-30(33)31(24-45(36,42)43)35-34(39)22-32(27-11-4-2-5-12-27)38(44(40)41)29-16-15-26-10-6-7-13-28(26)21-29/h2,4-7,10-17,20-21,31-32H,3,8-9,18-19,22-24H2,1H3,(H,35,39)(H,40,41)/p-1. The van der Waals surface area contributed by atoms with E-state index in [0.29, 0.717) is 16.9 Å². The first-order valence-corrected chi connectivity index (χ1v) is 17.9. The minimum Gasteiger partial charge on any atom is -0.755 e. The predicted molar refractivity (Wildman–Crippen MR) is 178 cm³/mol. The zero-order chi connectivity index (χ0) is 31.6. The maximum absolute atomic E-state index is 13.7. The second-order valence-electron chi connectivity index (χ2n) is 11.8. The van der Waals surface area contributed by atoms with Gasteiger partial charge in [0.15, 0.2) is 0 Å². The molecule has 0 saturated carbocycles. The molecule has 1 N–H and O–H groups in total. The van der Waals surface area contributed by atoms with Crippen molar-refractivity contribution in [3.8, 4) is 0 Å². The zero-order valence-corrected chi connectivity index (χ0v) is 26.8. The monoisotopic (exact) mass is 645 g/mol. The molecule has 0 aliphatic carbocycles. The highest BCUT2D eigenvalue weighted by atomic mass is 32.2. The fourth-order valence-electron chi connectivity index (χ4n) is 6.44. The molecule has 0 bridgehead atoms. The van der Waals surface area contributed by atoms with Crippen molar-refractivity contribution in [1.29, 1.82) is 0 Å². The van der Waals surface area contributed by atoms with E-state index in [-0.39, 0.29) is 12.2 Å². The van der Waals surface area contributed by atoms with E-state index in [1.54, 1.807) is 43.4 Å². The van der Waals surface area contributed by atoms with Crippen LogP contribution < -0.4 is 13.9 Å². The normalized spacial score (nSPS) is 19.4. The molecule has 9 nitrogen and oxygen atoms in total. The zero-order valence-electron chi connectivity index (χ0n) is 25.2. The van der Waals surface area contributed by atoms with Crippen LogP contribution in [0.4, 0.5) is 11.4 Å². The van der Waals surface area contributed by atoms with Crippen LogP contribution in [-0.2, 0) is 32.6 Å². The molecule has 11 heteroatoms. The Kier molecular flexibility index (Phi) is 9.23. The molecule has 2 aliphatic heterocycles. The van der Waals surface area contributed by atoms with E-state index in [4.69, 9.17) is 0 Å². The Morgan fingerprint density at radius 2 is 1.67 bits per heavy atom. The van der Waals surface area contributed by atoms with E-state index in [2.05, 4.69) is 10.2 Å². The Balaban J connectivity index is 1.28. The lowest BCUT2D eigenvalue weighted by atomic mass is 10.00. The quantitative estimate of drug-likeness (QED) is 0.251. The number of nitrogens with one attached hydrogen (secondary N) is 1. The van der Waals surface area contributed by atoms with Gasteiger partial charge in [0.25, 0.3) is 0 Å². The first-order valence-electron chi connectivity index (χ1n) is 15.2. The number of sulfonamides is 1. The number of hydrogen-bond acceptors (Lipinski definition) is 6. The molecule has 236 valence electrons. The summed E-state index contributed by atoms with van der Waals surface area (Å²) in [5.41, 5.74) is 3.37. The maximum atomic E-state index is 13.7. The SMILES string of the molecule is CN1c2cc(CN3CCCCC3)ccc2C(NC(=O)CC(c2ccccc2)N(c2ccc3ccccc3c2)S(=O)[O-])CS1(=O)=O. The van der Waals surface area contributed by atoms with Gasteiger partial charge < -0.3 is 9.87 Å². The number of benzene rings is 4. The van der Waals surface area contributed by atoms with E-state index < -0.39 is 39.3 Å². The van der Waals surface area contributed by atoms with E-state index in [1.807, 2.05) is 54.6 Å². The summed E-state index contributed by atoms with van der Waals surface area (Å²) in [6, 6.07) is 26.2. The first-order chi connectivity index (χ1) is 21.7. The maximum Gasteiger partial charge on any atom is 0.237 e.